The second-order valence-electron chi connectivity index (χ2n) is 4.96. The van der Waals surface area contributed by atoms with Crippen LogP contribution in [-0.2, 0) is 0 Å². The maximum absolute atomic E-state index is 2.43. The van der Waals surface area contributed by atoms with Crippen molar-refractivity contribution in [3.8, 4) is 11.1 Å². The van der Waals surface area contributed by atoms with E-state index in [1.807, 2.05) is 0 Å². The van der Waals surface area contributed by atoms with E-state index in [1.165, 1.54) is 27.9 Å². The van der Waals surface area contributed by atoms with Crippen LogP contribution in [0.4, 0.5) is 5.69 Å². The zero-order valence-corrected chi connectivity index (χ0v) is 12.4. The summed E-state index contributed by atoms with van der Waals surface area (Å²) in [4.78, 5) is 2.43. The smallest absolute Gasteiger partial charge is 0.0448 e. The molecule has 0 unspecified atom stereocenters. The average molecular weight is 253 g/mol. The van der Waals surface area contributed by atoms with Crippen molar-refractivity contribution in [3.05, 3.63) is 53.6 Å². The van der Waals surface area contributed by atoms with Crippen LogP contribution in [0.25, 0.3) is 11.1 Å². The summed E-state index contributed by atoms with van der Waals surface area (Å²) in [5.74, 6) is 0. The molecule has 1 heteroatoms. The molecule has 0 saturated carbocycles. The zero-order valence-electron chi connectivity index (χ0n) is 12.4. The summed E-state index contributed by atoms with van der Waals surface area (Å²) in [6.07, 6.45) is 0. The second kappa shape index (κ2) is 5.92. The number of hydrogen-bond acceptors (Lipinski definition) is 1. The fraction of sp³-hybridized carbons (Fsp3) is 0.333. The predicted octanol–water partition coefficient (Wildman–Crippen LogP) is 4.82. The third-order valence-electron chi connectivity index (χ3n) is 3.77. The summed E-state index contributed by atoms with van der Waals surface area (Å²) < 4.78 is 0. The number of benzene rings is 2. The molecule has 100 valence electrons. The van der Waals surface area contributed by atoms with Crippen LogP contribution in [0, 0.1) is 13.8 Å². The molecule has 1 nitrogen and oxygen atoms in total. The van der Waals surface area contributed by atoms with Crippen LogP contribution in [0.15, 0.2) is 42.5 Å². The van der Waals surface area contributed by atoms with Crippen LogP contribution in [-0.4, -0.2) is 13.1 Å². The lowest BCUT2D eigenvalue weighted by molar-refractivity contribution is 0.866. The number of anilines is 1. The Morgan fingerprint density at radius 1 is 0.789 bits per heavy atom. The van der Waals surface area contributed by atoms with Crippen molar-refractivity contribution in [2.75, 3.05) is 18.0 Å². The number of rotatable bonds is 4. The molecule has 2 aromatic carbocycles. The topological polar surface area (TPSA) is 3.24 Å². The highest BCUT2D eigenvalue weighted by molar-refractivity contribution is 5.83. The first-order valence-corrected chi connectivity index (χ1v) is 7.09. The molecule has 0 spiro atoms. The summed E-state index contributed by atoms with van der Waals surface area (Å²) in [6.45, 7) is 10.9. The van der Waals surface area contributed by atoms with Crippen molar-refractivity contribution >= 4 is 5.69 Å². The lowest BCUT2D eigenvalue weighted by atomic mass is 9.94. The molecule has 0 amide bonds. The van der Waals surface area contributed by atoms with Crippen LogP contribution in [0.5, 0.6) is 0 Å². The summed E-state index contributed by atoms with van der Waals surface area (Å²) in [5.41, 5.74) is 6.76. The maximum Gasteiger partial charge on any atom is 0.0448 e. The average Bonchev–Trinajstić information content (AvgIpc) is 2.42. The lowest BCUT2D eigenvalue weighted by Crippen LogP contribution is -2.22. The SMILES string of the molecule is CCN(CC)c1cccc(C)c1-c1ccccc1C. The number of aryl methyl sites for hydroxylation is 2. The van der Waals surface area contributed by atoms with E-state index in [4.69, 9.17) is 0 Å². The molecule has 0 aliphatic carbocycles. The minimum Gasteiger partial charge on any atom is -0.372 e. The Morgan fingerprint density at radius 2 is 1.42 bits per heavy atom. The molecule has 0 fully saturated rings. The van der Waals surface area contributed by atoms with E-state index in [2.05, 4.69) is 75.1 Å². The molecular formula is C18H23N. The molecule has 2 aromatic rings. The molecule has 0 aliphatic rings. The largest absolute Gasteiger partial charge is 0.372 e. The lowest BCUT2D eigenvalue weighted by Gasteiger charge is -2.26. The molecule has 0 aliphatic heterocycles. The molecule has 0 bridgehead atoms. The van der Waals surface area contributed by atoms with Crippen molar-refractivity contribution in [3.63, 3.8) is 0 Å². The highest BCUT2D eigenvalue weighted by Gasteiger charge is 2.13. The van der Waals surface area contributed by atoms with Crippen molar-refractivity contribution in [2.24, 2.45) is 0 Å². The minimum atomic E-state index is 1.04. The minimum absolute atomic E-state index is 1.04. The molecule has 0 atom stereocenters. The molecule has 0 saturated heterocycles. The Bertz CT molecular complexity index is 553. The molecule has 2 rings (SSSR count). The first-order chi connectivity index (χ1) is 9.19. The van der Waals surface area contributed by atoms with Crippen molar-refractivity contribution in [1.29, 1.82) is 0 Å². The Labute approximate surface area is 116 Å². The van der Waals surface area contributed by atoms with Gasteiger partial charge < -0.3 is 4.90 Å². The van der Waals surface area contributed by atoms with Crippen molar-refractivity contribution in [1.82, 2.24) is 0 Å². The van der Waals surface area contributed by atoms with Crippen LogP contribution >= 0.6 is 0 Å². The molecule has 0 aromatic heterocycles. The van der Waals surface area contributed by atoms with E-state index < -0.39 is 0 Å². The van der Waals surface area contributed by atoms with E-state index in [-0.39, 0.29) is 0 Å². The monoisotopic (exact) mass is 253 g/mol. The van der Waals surface area contributed by atoms with E-state index in [9.17, 15) is 0 Å². The number of hydrogen-bond donors (Lipinski definition) is 0. The third kappa shape index (κ3) is 2.65. The highest BCUT2D eigenvalue weighted by Crippen LogP contribution is 2.35. The zero-order chi connectivity index (χ0) is 13.8. The van der Waals surface area contributed by atoms with E-state index in [1.54, 1.807) is 0 Å². The molecule has 0 heterocycles. The van der Waals surface area contributed by atoms with Crippen LogP contribution in [0.1, 0.15) is 25.0 Å². The van der Waals surface area contributed by atoms with Gasteiger partial charge in [-0.3, -0.25) is 0 Å². The quantitative estimate of drug-likeness (QED) is 0.755. The Kier molecular flexibility index (Phi) is 4.26. The first kappa shape index (κ1) is 13.7. The highest BCUT2D eigenvalue weighted by atomic mass is 15.1. The van der Waals surface area contributed by atoms with Gasteiger partial charge in [-0.05, 0) is 50.5 Å². The summed E-state index contributed by atoms with van der Waals surface area (Å²) in [6, 6.07) is 15.2. The Morgan fingerprint density at radius 3 is 2.05 bits per heavy atom. The van der Waals surface area contributed by atoms with Gasteiger partial charge in [0.25, 0.3) is 0 Å². The van der Waals surface area contributed by atoms with E-state index >= 15 is 0 Å². The van der Waals surface area contributed by atoms with Gasteiger partial charge in [0.05, 0.1) is 0 Å². The van der Waals surface area contributed by atoms with Gasteiger partial charge in [-0.1, -0.05) is 36.4 Å². The first-order valence-electron chi connectivity index (χ1n) is 7.09. The van der Waals surface area contributed by atoms with E-state index in [0.29, 0.717) is 0 Å². The van der Waals surface area contributed by atoms with Gasteiger partial charge in [-0.2, -0.15) is 0 Å². The fourth-order valence-corrected chi connectivity index (χ4v) is 2.68. The molecule has 0 radical (unpaired) electrons. The van der Waals surface area contributed by atoms with Gasteiger partial charge in [0, 0.05) is 24.3 Å². The van der Waals surface area contributed by atoms with Gasteiger partial charge in [0.15, 0.2) is 0 Å². The normalized spacial score (nSPS) is 10.5. The van der Waals surface area contributed by atoms with Crippen molar-refractivity contribution in [2.45, 2.75) is 27.7 Å². The van der Waals surface area contributed by atoms with Gasteiger partial charge in [0.1, 0.15) is 0 Å². The number of nitrogens with zero attached hydrogens (tertiary/aromatic N) is 1. The molecule has 19 heavy (non-hydrogen) atoms. The fourth-order valence-electron chi connectivity index (χ4n) is 2.68. The van der Waals surface area contributed by atoms with Gasteiger partial charge in [-0.15, -0.1) is 0 Å². The van der Waals surface area contributed by atoms with Crippen LogP contribution < -0.4 is 4.90 Å². The maximum atomic E-state index is 2.43. The second-order valence-corrected chi connectivity index (χ2v) is 4.96. The van der Waals surface area contributed by atoms with Crippen LogP contribution in [0.2, 0.25) is 0 Å². The third-order valence-corrected chi connectivity index (χ3v) is 3.77. The van der Waals surface area contributed by atoms with Crippen molar-refractivity contribution < 1.29 is 0 Å². The predicted molar refractivity (Wildman–Crippen MR) is 84.9 cm³/mol. The molecular weight excluding hydrogens is 230 g/mol. The van der Waals surface area contributed by atoms with Gasteiger partial charge >= 0.3 is 0 Å². The van der Waals surface area contributed by atoms with Gasteiger partial charge in [0.2, 0.25) is 0 Å². The summed E-state index contributed by atoms with van der Waals surface area (Å²) >= 11 is 0. The molecule has 0 N–H and O–H groups in total. The Balaban J connectivity index is 2.65. The summed E-state index contributed by atoms with van der Waals surface area (Å²) in [7, 11) is 0. The standard InChI is InChI=1S/C18H23N/c1-5-19(6-2)17-13-9-11-15(4)18(17)16-12-8-7-10-14(16)3/h7-13H,5-6H2,1-4H3. The van der Waals surface area contributed by atoms with Crippen LogP contribution in [0.3, 0.4) is 0 Å². The summed E-state index contributed by atoms with van der Waals surface area (Å²) in [5, 5.41) is 0. The van der Waals surface area contributed by atoms with Gasteiger partial charge in [-0.25, -0.2) is 0 Å². The van der Waals surface area contributed by atoms with E-state index in [0.717, 1.165) is 13.1 Å². The Hall–Kier alpha value is -1.76.